The molecule has 9 nitrogen and oxygen atoms in total. The number of carbonyl (C=O) groups is 1. The van der Waals surface area contributed by atoms with Crippen molar-refractivity contribution in [1.29, 1.82) is 0 Å². The highest BCUT2D eigenvalue weighted by atomic mass is 16.5. The number of hydrogen-bond donors (Lipinski definition) is 2. The topological polar surface area (TPSA) is 111 Å². The van der Waals surface area contributed by atoms with E-state index >= 15 is 0 Å². The molecule has 1 aromatic carbocycles. The second-order valence-electron chi connectivity index (χ2n) is 6.00. The van der Waals surface area contributed by atoms with Gasteiger partial charge in [0.15, 0.2) is 5.82 Å². The maximum Gasteiger partial charge on any atom is 0.354 e. The maximum absolute atomic E-state index is 11.2. The number of carboxylic acids is 1. The Morgan fingerprint density at radius 1 is 1.18 bits per heavy atom. The number of hydrogen-bond acceptors (Lipinski definition) is 7. The molecule has 4 aromatic rings. The Morgan fingerprint density at radius 2 is 2.04 bits per heavy atom. The highest BCUT2D eigenvalue weighted by Crippen LogP contribution is 2.27. The number of fused-ring (bicyclic) bond motifs is 3. The van der Waals surface area contributed by atoms with Crippen LogP contribution in [0.25, 0.3) is 16.6 Å². The van der Waals surface area contributed by atoms with Crippen molar-refractivity contribution >= 4 is 28.3 Å². The van der Waals surface area contributed by atoms with Gasteiger partial charge in [-0.15, -0.1) is 0 Å². The van der Waals surface area contributed by atoms with Crippen molar-refractivity contribution in [3.8, 4) is 11.5 Å². The van der Waals surface area contributed by atoms with Crippen molar-refractivity contribution in [3.63, 3.8) is 0 Å². The van der Waals surface area contributed by atoms with Gasteiger partial charge in [-0.1, -0.05) is 0 Å². The number of benzene rings is 1. The molecule has 0 unspecified atom stereocenters. The first-order chi connectivity index (χ1) is 13.6. The summed E-state index contributed by atoms with van der Waals surface area (Å²) in [4.78, 5) is 23.9. The molecule has 142 valence electrons. The van der Waals surface area contributed by atoms with E-state index in [1.165, 1.54) is 12.3 Å². The van der Waals surface area contributed by atoms with Crippen LogP contribution in [0.5, 0.6) is 11.5 Å². The molecule has 28 heavy (non-hydrogen) atoms. The van der Waals surface area contributed by atoms with Gasteiger partial charge in [-0.3, -0.25) is 4.40 Å². The molecule has 0 amide bonds. The smallest absolute Gasteiger partial charge is 0.354 e. The van der Waals surface area contributed by atoms with Gasteiger partial charge in [0, 0.05) is 18.2 Å². The standard InChI is InChI=1S/C19H17N5O4/c1-27-12-4-3-11(17(5-12)28-2)7-22-18-16-9-20-10-24(16)15-6-13(19(25)26)21-8-14(15)23-18/h3-6,8-10H,7H2,1-2H3,(H,22,23)(H,25,26). The summed E-state index contributed by atoms with van der Waals surface area (Å²) >= 11 is 0. The van der Waals surface area contributed by atoms with E-state index < -0.39 is 5.97 Å². The van der Waals surface area contributed by atoms with Crippen LogP contribution in [0.15, 0.2) is 43.0 Å². The van der Waals surface area contributed by atoms with Crippen molar-refractivity contribution in [1.82, 2.24) is 19.4 Å². The normalized spacial score (nSPS) is 10.9. The lowest BCUT2D eigenvalue weighted by molar-refractivity contribution is 0.0690. The number of nitrogens with one attached hydrogen (secondary N) is 1. The van der Waals surface area contributed by atoms with Gasteiger partial charge in [-0.05, 0) is 18.2 Å². The fourth-order valence-corrected chi connectivity index (χ4v) is 2.98. The minimum atomic E-state index is -1.09. The minimum absolute atomic E-state index is 0.0482. The predicted molar refractivity (Wildman–Crippen MR) is 102 cm³/mol. The Labute approximate surface area is 159 Å². The molecule has 0 fully saturated rings. The number of aromatic nitrogens is 4. The predicted octanol–water partition coefficient (Wildman–Crippen LogP) is 2.61. The maximum atomic E-state index is 11.2. The van der Waals surface area contributed by atoms with Gasteiger partial charge >= 0.3 is 5.97 Å². The molecule has 9 heteroatoms. The van der Waals surface area contributed by atoms with Gasteiger partial charge in [-0.25, -0.2) is 19.7 Å². The summed E-state index contributed by atoms with van der Waals surface area (Å²) in [5, 5.41) is 12.5. The number of rotatable bonds is 6. The lowest BCUT2D eigenvalue weighted by atomic mass is 10.2. The van der Waals surface area contributed by atoms with Gasteiger partial charge in [0.1, 0.15) is 28.2 Å². The fourth-order valence-electron chi connectivity index (χ4n) is 2.98. The molecular formula is C19H17N5O4. The molecule has 2 N–H and O–H groups in total. The molecule has 0 aliphatic rings. The summed E-state index contributed by atoms with van der Waals surface area (Å²) in [6.07, 6.45) is 4.72. The highest BCUT2D eigenvalue weighted by Gasteiger charge is 2.13. The first-order valence-electron chi connectivity index (χ1n) is 8.40. The Bertz CT molecular complexity index is 1190. The van der Waals surface area contributed by atoms with Crippen LogP contribution in [0.4, 0.5) is 5.82 Å². The number of pyridine rings is 1. The Kier molecular flexibility index (Phi) is 4.40. The van der Waals surface area contributed by atoms with Crippen molar-refractivity contribution in [2.75, 3.05) is 19.5 Å². The molecule has 0 aliphatic heterocycles. The van der Waals surface area contributed by atoms with Crippen LogP contribution >= 0.6 is 0 Å². The van der Waals surface area contributed by atoms with Crippen molar-refractivity contribution in [2.45, 2.75) is 6.54 Å². The van der Waals surface area contributed by atoms with Crippen molar-refractivity contribution in [2.24, 2.45) is 0 Å². The van der Waals surface area contributed by atoms with Crippen LogP contribution in [-0.2, 0) is 6.54 Å². The highest BCUT2D eigenvalue weighted by molar-refractivity contribution is 5.91. The molecule has 0 radical (unpaired) electrons. The molecule has 3 aromatic heterocycles. The third kappa shape index (κ3) is 3.02. The van der Waals surface area contributed by atoms with Gasteiger partial charge < -0.3 is 19.9 Å². The number of aromatic carboxylic acids is 1. The Morgan fingerprint density at radius 3 is 2.79 bits per heavy atom. The van der Waals surface area contributed by atoms with E-state index in [-0.39, 0.29) is 5.69 Å². The average molecular weight is 379 g/mol. The monoisotopic (exact) mass is 379 g/mol. The van der Waals surface area contributed by atoms with E-state index in [9.17, 15) is 9.90 Å². The number of methoxy groups -OCH3 is 2. The third-order valence-electron chi connectivity index (χ3n) is 4.39. The van der Waals surface area contributed by atoms with Crippen LogP contribution in [-0.4, -0.2) is 44.6 Å². The summed E-state index contributed by atoms with van der Waals surface area (Å²) in [5.74, 6) is 0.921. The molecule has 3 heterocycles. The van der Waals surface area contributed by atoms with Gasteiger partial charge in [0.25, 0.3) is 0 Å². The second-order valence-corrected chi connectivity index (χ2v) is 6.00. The molecule has 0 aliphatic carbocycles. The van der Waals surface area contributed by atoms with Crippen molar-refractivity contribution in [3.05, 3.63) is 54.2 Å². The Hall–Kier alpha value is -3.88. The van der Waals surface area contributed by atoms with Gasteiger partial charge in [-0.2, -0.15) is 0 Å². The number of carboxylic acid groups (broad SMARTS) is 1. The summed E-state index contributed by atoms with van der Waals surface area (Å²) in [6, 6.07) is 7.07. The minimum Gasteiger partial charge on any atom is -0.497 e. The van der Waals surface area contributed by atoms with E-state index in [4.69, 9.17) is 9.47 Å². The van der Waals surface area contributed by atoms with Crippen LogP contribution in [0, 0.1) is 0 Å². The fraction of sp³-hybridized carbons (Fsp3) is 0.158. The number of anilines is 1. The number of nitrogens with zero attached hydrogens (tertiary/aromatic N) is 4. The third-order valence-corrected chi connectivity index (χ3v) is 4.39. The molecule has 0 bridgehead atoms. The molecule has 0 saturated heterocycles. The first-order valence-corrected chi connectivity index (χ1v) is 8.40. The molecule has 0 atom stereocenters. The van der Waals surface area contributed by atoms with E-state index in [1.807, 2.05) is 18.2 Å². The summed E-state index contributed by atoms with van der Waals surface area (Å²) in [5.41, 5.74) is 2.78. The molecular weight excluding hydrogens is 362 g/mol. The first kappa shape index (κ1) is 17.5. The zero-order valence-electron chi connectivity index (χ0n) is 15.2. The average Bonchev–Trinajstić information content (AvgIpc) is 3.21. The molecule has 0 saturated carbocycles. The second kappa shape index (κ2) is 7.03. The number of imidazole rings is 1. The van der Waals surface area contributed by atoms with Crippen molar-refractivity contribution < 1.29 is 19.4 Å². The van der Waals surface area contributed by atoms with Crippen LogP contribution in [0.2, 0.25) is 0 Å². The van der Waals surface area contributed by atoms with E-state index in [1.54, 1.807) is 31.1 Å². The molecule has 4 rings (SSSR count). The summed E-state index contributed by atoms with van der Waals surface area (Å²) < 4.78 is 12.4. The van der Waals surface area contributed by atoms with Crippen LogP contribution < -0.4 is 14.8 Å². The summed E-state index contributed by atoms with van der Waals surface area (Å²) in [7, 11) is 3.21. The zero-order chi connectivity index (χ0) is 19.7. The van der Waals surface area contributed by atoms with Crippen LogP contribution in [0.3, 0.4) is 0 Å². The number of ether oxygens (including phenoxy) is 2. The van der Waals surface area contributed by atoms with E-state index in [0.717, 1.165) is 11.1 Å². The lowest BCUT2D eigenvalue weighted by Gasteiger charge is -2.13. The largest absolute Gasteiger partial charge is 0.497 e. The zero-order valence-corrected chi connectivity index (χ0v) is 15.2. The molecule has 0 spiro atoms. The van der Waals surface area contributed by atoms with Gasteiger partial charge in [0.2, 0.25) is 0 Å². The Balaban J connectivity index is 1.72. The SMILES string of the molecule is COc1ccc(CNc2nc3cnc(C(=O)O)cc3n3cncc23)c(OC)c1. The quantitative estimate of drug-likeness (QED) is 0.526. The van der Waals surface area contributed by atoms with E-state index in [0.29, 0.717) is 34.9 Å². The lowest BCUT2D eigenvalue weighted by Crippen LogP contribution is -2.07. The van der Waals surface area contributed by atoms with E-state index in [2.05, 4.69) is 20.3 Å². The van der Waals surface area contributed by atoms with Crippen LogP contribution in [0.1, 0.15) is 16.1 Å². The summed E-state index contributed by atoms with van der Waals surface area (Å²) in [6.45, 7) is 0.465. The van der Waals surface area contributed by atoms with Gasteiger partial charge in [0.05, 0.1) is 38.5 Å².